The third-order valence-corrected chi connectivity index (χ3v) is 7.83. The Morgan fingerprint density at radius 3 is 0.733 bits per heavy atom. The molecule has 0 spiro atoms. The molecule has 0 bridgehead atoms. The van der Waals surface area contributed by atoms with Crippen LogP contribution in [0.4, 0.5) is 0 Å². The van der Waals surface area contributed by atoms with Crippen LogP contribution in [0.15, 0.2) is 200 Å². The van der Waals surface area contributed by atoms with E-state index in [-0.39, 0.29) is 41.3 Å². The van der Waals surface area contributed by atoms with Gasteiger partial charge in [0, 0.05) is 13.5 Å². The van der Waals surface area contributed by atoms with Gasteiger partial charge in [-0.05, 0) is 139 Å². The van der Waals surface area contributed by atoms with Crippen molar-refractivity contribution < 1.29 is 38.2 Å². The molecule has 0 fully saturated rings. The zero-order valence-electron chi connectivity index (χ0n) is 48.2. The van der Waals surface area contributed by atoms with Crippen LogP contribution in [0.25, 0.3) is 11.1 Å². The highest BCUT2D eigenvalue weighted by atomic mass is 16.5. The second-order valence-electron chi connectivity index (χ2n) is 17.2. The van der Waals surface area contributed by atoms with E-state index in [1.807, 2.05) is 122 Å². The molecule has 0 saturated heterocycles. The maximum absolute atomic E-state index is 9.92. The van der Waals surface area contributed by atoms with Crippen molar-refractivity contribution in [3.05, 3.63) is 228 Å². The molecule has 7 aromatic carbocycles. The van der Waals surface area contributed by atoms with Crippen LogP contribution in [0.1, 0.15) is 110 Å². The summed E-state index contributed by atoms with van der Waals surface area (Å²) in [7, 11) is 1.50. The van der Waals surface area contributed by atoms with Crippen LogP contribution < -0.4 is 4.74 Å². The van der Waals surface area contributed by atoms with Gasteiger partial charge >= 0.3 is 0 Å². The zero-order valence-corrected chi connectivity index (χ0v) is 48.2. The van der Waals surface area contributed by atoms with Crippen LogP contribution in [0.5, 0.6) is 11.5 Å². The predicted octanol–water partition coefficient (Wildman–Crippen LogP) is 17.0. The van der Waals surface area contributed by atoms with Gasteiger partial charge in [0.15, 0.2) is 5.78 Å². The number of carbonyl (C=O) groups excluding carboxylic acids is 6. The van der Waals surface area contributed by atoms with Crippen LogP contribution >= 0.6 is 0 Å². The Labute approximate surface area is 452 Å². The lowest BCUT2D eigenvalue weighted by Gasteiger charge is -2.04. The summed E-state index contributed by atoms with van der Waals surface area (Å²) < 4.78 is 10.1. The summed E-state index contributed by atoms with van der Waals surface area (Å²) in [5.74, 6) is 2.74. The van der Waals surface area contributed by atoms with Crippen molar-refractivity contribution in [2.45, 2.75) is 117 Å². The molecular formula is C67H88O8. The lowest BCUT2D eigenvalue weighted by atomic mass is 10.0. The molecule has 0 radical (unpaired) electrons. The fraction of sp³-hybridized carbons (Fsp3) is 0.284. The van der Waals surface area contributed by atoms with Gasteiger partial charge in [-0.1, -0.05) is 211 Å². The van der Waals surface area contributed by atoms with Crippen molar-refractivity contribution in [3.63, 3.8) is 0 Å². The van der Waals surface area contributed by atoms with Gasteiger partial charge in [0.2, 0.25) is 0 Å². The van der Waals surface area contributed by atoms with E-state index < -0.39 is 0 Å². The van der Waals surface area contributed by atoms with Gasteiger partial charge in [-0.2, -0.15) is 0 Å². The Kier molecular flexibility index (Phi) is 50.4. The predicted molar refractivity (Wildman–Crippen MR) is 317 cm³/mol. The largest absolute Gasteiger partial charge is 0.457 e. The van der Waals surface area contributed by atoms with Crippen molar-refractivity contribution in [1.29, 1.82) is 0 Å². The van der Waals surface area contributed by atoms with E-state index in [0.717, 1.165) is 11.5 Å². The van der Waals surface area contributed by atoms with Crippen LogP contribution in [0.2, 0.25) is 0 Å². The van der Waals surface area contributed by atoms with E-state index in [2.05, 4.69) is 124 Å². The average Bonchev–Trinajstić information content (AvgIpc) is 3.34. The first-order valence-corrected chi connectivity index (χ1v) is 24.7. The minimum atomic E-state index is 0.0671. The molecule has 0 heterocycles. The Bertz CT molecular complexity index is 2300. The molecule has 0 aliphatic carbocycles. The first kappa shape index (κ1) is 73.9. The molecule has 8 nitrogen and oxygen atoms in total. The number of para-hydroxylation sites is 1. The van der Waals surface area contributed by atoms with E-state index in [1.165, 1.54) is 108 Å². The summed E-state index contributed by atoms with van der Waals surface area (Å²) in [5.41, 5.74) is 9.08. The first-order valence-electron chi connectivity index (χ1n) is 24.7. The maximum Gasteiger partial charge on any atom is 0.155 e. The Morgan fingerprint density at radius 2 is 0.520 bits per heavy atom. The molecule has 0 aliphatic rings. The summed E-state index contributed by atoms with van der Waals surface area (Å²) in [5, 5.41) is 0. The van der Waals surface area contributed by atoms with E-state index in [4.69, 9.17) is 4.74 Å². The monoisotopic (exact) mass is 1020 g/mol. The number of ether oxygens (including phenoxy) is 2. The van der Waals surface area contributed by atoms with Gasteiger partial charge in [-0.3, -0.25) is 4.79 Å². The van der Waals surface area contributed by atoms with Crippen LogP contribution in [-0.2, 0) is 33.5 Å². The molecule has 8 heteroatoms. The first-order chi connectivity index (χ1) is 35.4. The average molecular weight is 1020 g/mol. The van der Waals surface area contributed by atoms with Gasteiger partial charge < -0.3 is 33.4 Å². The summed E-state index contributed by atoms with van der Waals surface area (Å²) in [6.45, 7) is 27.8. The summed E-state index contributed by atoms with van der Waals surface area (Å²) in [4.78, 5) is 57.5. The lowest BCUT2D eigenvalue weighted by molar-refractivity contribution is -0.120. The number of rotatable bonds is 6. The number of aryl methyl sites for hydroxylation is 5. The maximum atomic E-state index is 9.92. The fourth-order valence-electron chi connectivity index (χ4n) is 4.41. The molecule has 0 aliphatic heterocycles. The van der Waals surface area contributed by atoms with Crippen LogP contribution in [0.3, 0.4) is 0 Å². The summed E-state index contributed by atoms with van der Waals surface area (Å²) in [6, 6.07) is 67.6. The van der Waals surface area contributed by atoms with E-state index in [9.17, 15) is 28.8 Å². The quantitative estimate of drug-likeness (QED) is 0.161. The standard InChI is InChI=1S/C13H12O.C13H12.3C7H8.C4H8O2.C4H8O.4C3H6O/c1-11-7-9-13(10-8-11)14-12-5-3-2-4-6-12;1-11-7-9-13(10-8-11)12-5-3-2-4-6-12;3*1-7-5-3-2-4-6-7;1-4(5)3-6-2;1-3-4(2)5;4*1-3(2)4/h2-10H,1H3;2-10H,1H3;3*2-6H,1H3;3H2,1-2H3;3H2,1-2H3;4*1-2H3. The Morgan fingerprint density at radius 1 is 0.307 bits per heavy atom. The van der Waals surface area contributed by atoms with Crippen molar-refractivity contribution >= 4 is 34.7 Å². The number of hydrogen-bond acceptors (Lipinski definition) is 8. The molecule has 0 N–H and O–H groups in total. The number of methoxy groups -OCH3 is 1. The van der Waals surface area contributed by atoms with Crippen LogP contribution in [-0.4, -0.2) is 48.4 Å². The lowest BCUT2D eigenvalue weighted by Crippen LogP contribution is -1.98. The van der Waals surface area contributed by atoms with Gasteiger partial charge in [0.1, 0.15) is 47.0 Å². The minimum Gasteiger partial charge on any atom is -0.457 e. The second-order valence-corrected chi connectivity index (χ2v) is 17.2. The smallest absolute Gasteiger partial charge is 0.155 e. The number of carbonyl (C=O) groups is 6. The zero-order chi connectivity index (χ0) is 57.8. The number of benzene rings is 7. The SMILES string of the molecule is CC(C)=O.CC(C)=O.CC(C)=O.CC(C)=O.CCC(C)=O.COCC(C)=O.Cc1ccc(-c2ccccc2)cc1.Cc1ccc(Oc2ccccc2)cc1.Cc1ccccc1.Cc1ccccc1.Cc1ccccc1. The second kappa shape index (κ2) is 51.2. The van der Waals surface area contributed by atoms with Crippen molar-refractivity contribution in [2.75, 3.05) is 13.7 Å². The highest BCUT2D eigenvalue weighted by Crippen LogP contribution is 2.21. The third kappa shape index (κ3) is 64.3. The van der Waals surface area contributed by atoms with Crippen molar-refractivity contribution in [3.8, 4) is 22.6 Å². The van der Waals surface area contributed by atoms with Gasteiger partial charge in [0.25, 0.3) is 0 Å². The molecule has 0 amide bonds. The Balaban J connectivity index is -0.000000383. The van der Waals surface area contributed by atoms with Crippen LogP contribution in [0, 0.1) is 34.6 Å². The van der Waals surface area contributed by atoms with Gasteiger partial charge in [0.05, 0.1) is 0 Å². The highest BCUT2D eigenvalue weighted by Gasteiger charge is 1.95. The van der Waals surface area contributed by atoms with Crippen molar-refractivity contribution in [2.24, 2.45) is 0 Å². The van der Waals surface area contributed by atoms with Gasteiger partial charge in [-0.15, -0.1) is 0 Å². The molecule has 0 aromatic heterocycles. The molecular weight excluding hydrogens is 933 g/mol. The van der Waals surface area contributed by atoms with E-state index in [0.29, 0.717) is 6.42 Å². The highest BCUT2D eigenvalue weighted by molar-refractivity contribution is 5.76. The molecule has 0 atom stereocenters. The number of hydrogen-bond donors (Lipinski definition) is 0. The molecule has 404 valence electrons. The molecule has 7 aromatic rings. The summed E-state index contributed by atoms with van der Waals surface area (Å²) >= 11 is 0. The van der Waals surface area contributed by atoms with Gasteiger partial charge in [-0.25, -0.2) is 0 Å². The minimum absolute atomic E-state index is 0.0671. The fourth-order valence-corrected chi connectivity index (χ4v) is 4.41. The summed E-state index contributed by atoms with van der Waals surface area (Å²) in [6.07, 6.45) is 0.667. The normalized spacial score (nSPS) is 8.55. The number of ketones is 6. The van der Waals surface area contributed by atoms with E-state index >= 15 is 0 Å². The molecule has 0 unspecified atom stereocenters. The third-order valence-electron chi connectivity index (χ3n) is 7.83. The molecule has 7 rings (SSSR count). The molecule has 75 heavy (non-hydrogen) atoms. The van der Waals surface area contributed by atoms with E-state index in [1.54, 1.807) is 6.92 Å². The topological polar surface area (TPSA) is 121 Å². The number of Topliss-reactive ketones (excluding diaryl/α,β-unsaturated/α-hetero) is 6. The molecule has 0 saturated carbocycles. The Hall–Kier alpha value is -7.68. The van der Waals surface area contributed by atoms with Crippen molar-refractivity contribution in [1.82, 2.24) is 0 Å².